The fourth-order valence-electron chi connectivity index (χ4n) is 3.10. The lowest BCUT2D eigenvalue weighted by Gasteiger charge is -2.35. The van der Waals surface area contributed by atoms with Crippen LogP contribution in [-0.4, -0.2) is 62.2 Å². The van der Waals surface area contributed by atoms with Crippen LogP contribution in [0.1, 0.15) is 19.8 Å². The van der Waals surface area contributed by atoms with Crippen LogP contribution in [-0.2, 0) is 11.3 Å². The number of nitrogens with zero attached hydrogens (tertiary/aromatic N) is 7. The fourth-order valence-corrected chi connectivity index (χ4v) is 3.10. The van der Waals surface area contributed by atoms with Crippen LogP contribution in [0.25, 0.3) is 0 Å². The summed E-state index contributed by atoms with van der Waals surface area (Å²) in [5, 5.41) is 10.9. The minimum atomic E-state index is 0.0666. The van der Waals surface area contributed by atoms with Crippen LogP contribution in [0.15, 0.2) is 30.7 Å². The number of rotatable bonds is 6. The SMILES string of the molecule is CCN(CC1CCN(c2ccccn2)CC1)C(=O)Cn1cnnn1. The van der Waals surface area contributed by atoms with E-state index in [0.717, 1.165) is 38.3 Å². The summed E-state index contributed by atoms with van der Waals surface area (Å²) in [6, 6.07) is 6.00. The van der Waals surface area contributed by atoms with Crippen LogP contribution in [0.4, 0.5) is 5.82 Å². The number of aromatic nitrogens is 5. The molecule has 3 heterocycles. The number of likely N-dealkylation sites (N-methyl/N-ethyl adjacent to an activating group) is 1. The zero-order valence-electron chi connectivity index (χ0n) is 14.0. The summed E-state index contributed by atoms with van der Waals surface area (Å²) >= 11 is 0. The minimum Gasteiger partial charge on any atom is -0.357 e. The lowest BCUT2D eigenvalue weighted by Crippen LogP contribution is -2.42. The van der Waals surface area contributed by atoms with Crippen molar-refractivity contribution in [1.29, 1.82) is 0 Å². The van der Waals surface area contributed by atoms with Crippen molar-refractivity contribution < 1.29 is 4.79 Å². The predicted octanol–water partition coefficient (Wildman–Crippen LogP) is 0.833. The van der Waals surface area contributed by atoms with Gasteiger partial charge in [-0.3, -0.25) is 4.79 Å². The maximum atomic E-state index is 12.4. The highest BCUT2D eigenvalue weighted by Gasteiger charge is 2.23. The van der Waals surface area contributed by atoms with Gasteiger partial charge in [-0.2, -0.15) is 0 Å². The van der Waals surface area contributed by atoms with E-state index in [1.54, 1.807) is 0 Å². The molecular formula is C16H23N7O. The first-order valence-corrected chi connectivity index (χ1v) is 8.40. The largest absolute Gasteiger partial charge is 0.357 e. The summed E-state index contributed by atoms with van der Waals surface area (Å²) in [6.07, 6.45) is 5.45. The van der Waals surface area contributed by atoms with Gasteiger partial charge in [0.15, 0.2) is 0 Å². The van der Waals surface area contributed by atoms with Crippen molar-refractivity contribution >= 4 is 11.7 Å². The van der Waals surface area contributed by atoms with Crippen LogP contribution in [0, 0.1) is 5.92 Å². The van der Waals surface area contributed by atoms with Gasteiger partial charge in [0.25, 0.3) is 0 Å². The Labute approximate surface area is 141 Å². The first-order chi connectivity index (χ1) is 11.8. The third-order valence-electron chi connectivity index (χ3n) is 4.49. The van der Waals surface area contributed by atoms with Crippen LogP contribution < -0.4 is 4.90 Å². The second kappa shape index (κ2) is 7.85. The molecular weight excluding hydrogens is 306 g/mol. The Morgan fingerprint density at radius 1 is 1.33 bits per heavy atom. The summed E-state index contributed by atoms with van der Waals surface area (Å²) < 4.78 is 1.47. The molecule has 0 N–H and O–H groups in total. The minimum absolute atomic E-state index is 0.0666. The monoisotopic (exact) mass is 329 g/mol. The third-order valence-corrected chi connectivity index (χ3v) is 4.49. The molecule has 1 fully saturated rings. The maximum absolute atomic E-state index is 12.4. The van der Waals surface area contributed by atoms with Gasteiger partial charge in [-0.15, -0.1) is 5.10 Å². The van der Waals surface area contributed by atoms with Gasteiger partial charge in [0, 0.05) is 32.4 Å². The van der Waals surface area contributed by atoms with Crippen LogP contribution in [0.2, 0.25) is 0 Å². The molecule has 1 saturated heterocycles. The molecule has 0 radical (unpaired) electrons. The Morgan fingerprint density at radius 3 is 2.79 bits per heavy atom. The van der Waals surface area contributed by atoms with E-state index in [1.807, 2.05) is 36.2 Å². The van der Waals surface area contributed by atoms with Gasteiger partial charge >= 0.3 is 0 Å². The van der Waals surface area contributed by atoms with Gasteiger partial charge in [0.2, 0.25) is 5.91 Å². The van der Waals surface area contributed by atoms with Crippen molar-refractivity contribution in [2.24, 2.45) is 5.92 Å². The third kappa shape index (κ3) is 4.06. The van der Waals surface area contributed by atoms with E-state index < -0.39 is 0 Å². The lowest BCUT2D eigenvalue weighted by molar-refractivity contribution is -0.132. The van der Waals surface area contributed by atoms with Gasteiger partial charge < -0.3 is 9.80 Å². The summed E-state index contributed by atoms with van der Waals surface area (Å²) in [4.78, 5) is 21.0. The molecule has 0 aliphatic carbocycles. The number of carbonyl (C=O) groups is 1. The molecule has 1 aliphatic heterocycles. The van der Waals surface area contributed by atoms with Gasteiger partial charge in [0.1, 0.15) is 18.7 Å². The molecule has 0 bridgehead atoms. The van der Waals surface area contributed by atoms with Crippen molar-refractivity contribution in [3.05, 3.63) is 30.7 Å². The highest BCUT2D eigenvalue weighted by atomic mass is 16.2. The van der Waals surface area contributed by atoms with E-state index in [2.05, 4.69) is 25.4 Å². The van der Waals surface area contributed by atoms with Crippen LogP contribution >= 0.6 is 0 Å². The Balaban J connectivity index is 1.49. The number of anilines is 1. The summed E-state index contributed by atoms with van der Waals surface area (Å²) in [7, 11) is 0. The van der Waals surface area contributed by atoms with Gasteiger partial charge in [0.05, 0.1) is 0 Å². The number of hydrogen-bond acceptors (Lipinski definition) is 6. The molecule has 0 spiro atoms. The number of pyridine rings is 1. The first kappa shape index (κ1) is 16.4. The van der Waals surface area contributed by atoms with E-state index in [4.69, 9.17) is 0 Å². The number of hydrogen-bond donors (Lipinski definition) is 0. The van der Waals surface area contributed by atoms with E-state index in [1.165, 1.54) is 11.0 Å². The van der Waals surface area contributed by atoms with Crippen molar-refractivity contribution in [2.45, 2.75) is 26.3 Å². The number of tetrazole rings is 1. The number of carbonyl (C=O) groups excluding carboxylic acids is 1. The zero-order chi connectivity index (χ0) is 16.8. The van der Waals surface area contributed by atoms with Gasteiger partial charge in [-0.05, 0) is 48.2 Å². The highest BCUT2D eigenvalue weighted by molar-refractivity contribution is 5.75. The fraction of sp³-hybridized carbons (Fsp3) is 0.562. The molecule has 8 heteroatoms. The molecule has 0 aromatic carbocycles. The Hall–Kier alpha value is -2.51. The normalized spacial score (nSPS) is 15.5. The molecule has 128 valence electrons. The Kier molecular flexibility index (Phi) is 5.35. The second-order valence-electron chi connectivity index (χ2n) is 6.06. The summed E-state index contributed by atoms with van der Waals surface area (Å²) in [5.41, 5.74) is 0. The Bertz CT molecular complexity index is 623. The molecule has 2 aromatic heterocycles. The number of amides is 1. The van der Waals surface area contributed by atoms with Crippen LogP contribution in [0.5, 0.6) is 0 Å². The summed E-state index contributed by atoms with van der Waals surface area (Å²) in [6.45, 7) is 5.70. The van der Waals surface area contributed by atoms with Crippen LogP contribution in [0.3, 0.4) is 0 Å². The molecule has 1 amide bonds. The average molecular weight is 329 g/mol. The zero-order valence-corrected chi connectivity index (χ0v) is 14.0. The quantitative estimate of drug-likeness (QED) is 0.781. The molecule has 0 unspecified atom stereocenters. The molecule has 8 nitrogen and oxygen atoms in total. The van der Waals surface area contributed by atoms with E-state index >= 15 is 0 Å². The standard InChI is InChI=1S/C16H23N7O/c1-2-21(16(24)12-23-13-18-19-20-23)11-14-6-9-22(10-7-14)15-5-3-4-8-17-15/h3-5,8,13-14H,2,6-7,9-12H2,1H3. The van der Waals surface area contributed by atoms with Gasteiger partial charge in [-0.25, -0.2) is 9.67 Å². The lowest BCUT2D eigenvalue weighted by atomic mass is 9.96. The first-order valence-electron chi connectivity index (χ1n) is 8.40. The van der Waals surface area contributed by atoms with Crippen molar-refractivity contribution in [1.82, 2.24) is 30.1 Å². The van der Waals surface area contributed by atoms with Crippen molar-refractivity contribution in [3.8, 4) is 0 Å². The molecule has 3 rings (SSSR count). The molecule has 2 aromatic rings. The Morgan fingerprint density at radius 2 is 2.17 bits per heavy atom. The van der Waals surface area contributed by atoms with E-state index in [0.29, 0.717) is 12.5 Å². The van der Waals surface area contributed by atoms with Crippen molar-refractivity contribution in [3.63, 3.8) is 0 Å². The topological polar surface area (TPSA) is 80.0 Å². The smallest absolute Gasteiger partial charge is 0.244 e. The highest BCUT2D eigenvalue weighted by Crippen LogP contribution is 2.22. The van der Waals surface area contributed by atoms with Gasteiger partial charge in [-0.1, -0.05) is 6.07 Å². The average Bonchev–Trinajstić information content (AvgIpc) is 3.14. The van der Waals surface area contributed by atoms with E-state index in [9.17, 15) is 4.79 Å². The molecule has 24 heavy (non-hydrogen) atoms. The number of piperidine rings is 1. The molecule has 0 atom stereocenters. The van der Waals surface area contributed by atoms with E-state index in [-0.39, 0.29) is 12.5 Å². The second-order valence-corrected chi connectivity index (χ2v) is 6.06. The van der Waals surface area contributed by atoms with Crippen molar-refractivity contribution in [2.75, 3.05) is 31.1 Å². The maximum Gasteiger partial charge on any atom is 0.244 e. The molecule has 1 aliphatic rings. The summed E-state index contributed by atoms with van der Waals surface area (Å²) in [5.74, 6) is 1.64. The molecule has 0 saturated carbocycles. The predicted molar refractivity (Wildman–Crippen MR) is 89.2 cm³/mol.